The van der Waals surface area contributed by atoms with E-state index in [2.05, 4.69) is 22.5 Å². The molecule has 0 bridgehead atoms. The molecule has 2 fully saturated rings. The first-order valence-electron chi connectivity index (χ1n) is 11.1. The van der Waals surface area contributed by atoms with Crippen LogP contribution in [0.4, 0.5) is 14.5 Å². The van der Waals surface area contributed by atoms with Gasteiger partial charge in [0.05, 0.1) is 0 Å². The molecule has 1 atom stereocenters. The van der Waals surface area contributed by atoms with Gasteiger partial charge in [-0.3, -0.25) is 4.99 Å². The van der Waals surface area contributed by atoms with E-state index in [0.717, 1.165) is 44.4 Å². The van der Waals surface area contributed by atoms with Gasteiger partial charge in [0, 0.05) is 32.2 Å². The Labute approximate surface area is 196 Å². The normalized spacial score (nSPS) is 20.9. The lowest BCUT2D eigenvalue weighted by Gasteiger charge is -2.30. The third kappa shape index (κ3) is 6.93. The number of likely N-dealkylation sites (tertiary alicyclic amines) is 1. The summed E-state index contributed by atoms with van der Waals surface area (Å²) < 4.78 is 28.1. The van der Waals surface area contributed by atoms with Gasteiger partial charge in [-0.2, -0.15) is 0 Å². The number of aliphatic imine (C=N–C) groups is 1. The summed E-state index contributed by atoms with van der Waals surface area (Å²) in [6.45, 7) is 10.6. The van der Waals surface area contributed by atoms with Gasteiger partial charge >= 0.3 is 0 Å². The molecule has 0 aliphatic carbocycles. The number of hydrogen-bond donors (Lipinski definition) is 2. The molecule has 8 heteroatoms. The van der Waals surface area contributed by atoms with Crippen molar-refractivity contribution in [2.75, 3.05) is 50.7 Å². The van der Waals surface area contributed by atoms with E-state index in [1.807, 2.05) is 6.92 Å². The fraction of sp³-hybridized carbons (Fsp3) is 0.682. The predicted octanol–water partition coefficient (Wildman–Crippen LogP) is 3.84. The van der Waals surface area contributed by atoms with E-state index in [-0.39, 0.29) is 35.7 Å². The summed E-state index contributed by atoms with van der Waals surface area (Å²) in [5.41, 5.74) is 0.0807. The smallest absolute Gasteiger partial charge is 0.191 e. The molecule has 1 aromatic carbocycles. The molecule has 5 nitrogen and oxygen atoms in total. The summed E-state index contributed by atoms with van der Waals surface area (Å²) in [5, 5.41) is 6.76. The molecule has 3 rings (SSSR count). The Balaban J connectivity index is 0.00000320. The van der Waals surface area contributed by atoms with E-state index in [1.165, 1.54) is 44.1 Å². The van der Waals surface area contributed by atoms with Crippen LogP contribution in [0.15, 0.2) is 23.2 Å². The van der Waals surface area contributed by atoms with Crippen molar-refractivity contribution in [3.63, 3.8) is 0 Å². The Bertz CT molecular complexity index is 659. The topological polar surface area (TPSA) is 42.9 Å². The van der Waals surface area contributed by atoms with Crippen LogP contribution in [0.1, 0.15) is 39.5 Å². The van der Waals surface area contributed by atoms with E-state index in [4.69, 9.17) is 4.99 Å². The number of guanidine groups is 1. The van der Waals surface area contributed by atoms with Crippen LogP contribution in [-0.2, 0) is 0 Å². The van der Waals surface area contributed by atoms with Gasteiger partial charge in [-0.05, 0) is 70.3 Å². The molecule has 1 aromatic rings. The van der Waals surface area contributed by atoms with Crippen molar-refractivity contribution < 1.29 is 8.78 Å². The molecule has 0 amide bonds. The Morgan fingerprint density at radius 3 is 2.43 bits per heavy atom. The number of para-hydroxylation sites is 1. The van der Waals surface area contributed by atoms with E-state index >= 15 is 0 Å². The standard InChI is InChI=1S/C22H35F2N5.HI/c1-3-25-22(26-12-8-17-9-13-28(4-2)14-10-17)27-18-11-15-29(16-18)21-19(23)6-5-7-20(21)24;/h5-7,17-18H,3-4,8-16H2,1-2H3,(H2,25,26,27);1H. The third-order valence-electron chi connectivity index (χ3n) is 6.09. The number of piperidine rings is 1. The molecule has 30 heavy (non-hydrogen) atoms. The van der Waals surface area contributed by atoms with Crippen LogP contribution < -0.4 is 15.5 Å². The second-order valence-electron chi connectivity index (χ2n) is 8.07. The van der Waals surface area contributed by atoms with Crippen molar-refractivity contribution in [1.29, 1.82) is 0 Å². The lowest BCUT2D eigenvalue weighted by atomic mass is 9.94. The quantitative estimate of drug-likeness (QED) is 0.317. The van der Waals surface area contributed by atoms with E-state index < -0.39 is 11.6 Å². The van der Waals surface area contributed by atoms with Crippen LogP contribution in [0.2, 0.25) is 0 Å². The fourth-order valence-electron chi connectivity index (χ4n) is 4.34. The van der Waals surface area contributed by atoms with E-state index in [0.29, 0.717) is 13.1 Å². The number of anilines is 1. The lowest BCUT2D eigenvalue weighted by molar-refractivity contribution is 0.188. The second kappa shape index (κ2) is 12.6. The molecule has 0 spiro atoms. The molecule has 2 N–H and O–H groups in total. The summed E-state index contributed by atoms with van der Waals surface area (Å²) in [4.78, 5) is 9.05. The van der Waals surface area contributed by atoms with Gasteiger partial charge in [0.1, 0.15) is 17.3 Å². The van der Waals surface area contributed by atoms with E-state index in [1.54, 1.807) is 4.90 Å². The minimum Gasteiger partial charge on any atom is -0.365 e. The SMILES string of the molecule is CCNC(=NCCC1CCN(CC)CC1)NC1CCN(c2c(F)cccc2F)C1.I. The third-order valence-corrected chi connectivity index (χ3v) is 6.09. The van der Waals surface area contributed by atoms with Gasteiger partial charge < -0.3 is 20.4 Å². The van der Waals surface area contributed by atoms with Crippen LogP contribution in [0.25, 0.3) is 0 Å². The zero-order valence-corrected chi connectivity index (χ0v) is 20.5. The average Bonchev–Trinajstić information content (AvgIpc) is 3.16. The predicted molar refractivity (Wildman–Crippen MR) is 131 cm³/mol. The molecule has 2 saturated heterocycles. The minimum atomic E-state index is -0.500. The molecular weight excluding hydrogens is 499 g/mol. The highest BCUT2D eigenvalue weighted by Crippen LogP contribution is 2.26. The minimum absolute atomic E-state index is 0. The molecule has 2 aliphatic rings. The maximum Gasteiger partial charge on any atom is 0.191 e. The van der Waals surface area contributed by atoms with Crippen molar-refractivity contribution in [1.82, 2.24) is 15.5 Å². The van der Waals surface area contributed by atoms with Crippen molar-refractivity contribution in [2.24, 2.45) is 10.9 Å². The number of hydrogen-bond acceptors (Lipinski definition) is 3. The Hall–Kier alpha value is -1.16. The van der Waals surface area contributed by atoms with Gasteiger partial charge in [-0.1, -0.05) is 13.0 Å². The molecule has 2 aliphatic heterocycles. The Morgan fingerprint density at radius 2 is 1.80 bits per heavy atom. The van der Waals surface area contributed by atoms with Crippen LogP contribution >= 0.6 is 24.0 Å². The maximum absolute atomic E-state index is 14.1. The largest absolute Gasteiger partial charge is 0.365 e. The number of rotatable bonds is 7. The lowest BCUT2D eigenvalue weighted by Crippen LogP contribution is -2.44. The first-order valence-corrected chi connectivity index (χ1v) is 11.1. The second-order valence-corrected chi connectivity index (χ2v) is 8.07. The highest BCUT2D eigenvalue weighted by Gasteiger charge is 2.27. The molecule has 1 unspecified atom stereocenters. The van der Waals surface area contributed by atoms with Crippen molar-refractivity contribution in [3.8, 4) is 0 Å². The monoisotopic (exact) mass is 535 g/mol. The summed E-state index contributed by atoms with van der Waals surface area (Å²) >= 11 is 0. The van der Waals surface area contributed by atoms with Crippen LogP contribution in [-0.4, -0.2) is 62.7 Å². The molecular formula is C22H36F2IN5. The number of nitrogens with one attached hydrogen (secondary N) is 2. The highest BCUT2D eigenvalue weighted by molar-refractivity contribution is 14.0. The first kappa shape index (κ1) is 25.1. The number of nitrogens with zero attached hydrogens (tertiary/aromatic N) is 3. The number of benzene rings is 1. The zero-order valence-electron chi connectivity index (χ0n) is 18.2. The van der Waals surface area contributed by atoms with Gasteiger partial charge in [0.2, 0.25) is 0 Å². The fourth-order valence-corrected chi connectivity index (χ4v) is 4.34. The van der Waals surface area contributed by atoms with E-state index in [9.17, 15) is 8.78 Å². The van der Waals surface area contributed by atoms with Crippen LogP contribution in [0.3, 0.4) is 0 Å². The Morgan fingerprint density at radius 1 is 1.10 bits per heavy atom. The summed E-state index contributed by atoms with van der Waals surface area (Å²) in [6.07, 6.45) is 4.47. The average molecular weight is 535 g/mol. The molecule has 2 heterocycles. The van der Waals surface area contributed by atoms with Crippen LogP contribution in [0, 0.1) is 17.6 Å². The summed E-state index contributed by atoms with van der Waals surface area (Å²) in [5.74, 6) is 0.565. The van der Waals surface area contributed by atoms with Crippen LogP contribution in [0.5, 0.6) is 0 Å². The van der Waals surface area contributed by atoms with Gasteiger partial charge in [-0.25, -0.2) is 8.78 Å². The van der Waals surface area contributed by atoms with Crippen molar-refractivity contribution >= 4 is 35.6 Å². The van der Waals surface area contributed by atoms with Gasteiger partial charge in [0.15, 0.2) is 5.96 Å². The summed E-state index contributed by atoms with van der Waals surface area (Å²) in [6, 6.07) is 4.16. The molecule has 0 aromatic heterocycles. The maximum atomic E-state index is 14.1. The Kier molecular flexibility index (Phi) is 10.6. The molecule has 170 valence electrons. The molecule has 0 radical (unpaired) electrons. The van der Waals surface area contributed by atoms with Gasteiger partial charge in [0.25, 0.3) is 0 Å². The van der Waals surface area contributed by atoms with Crippen molar-refractivity contribution in [3.05, 3.63) is 29.8 Å². The molecule has 0 saturated carbocycles. The van der Waals surface area contributed by atoms with Gasteiger partial charge in [-0.15, -0.1) is 24.0 Å². The zero-order chi connectivity index (χ0) is 20.6. The summed E-state index contributed by atoms with van der Waals surface area (Å²) in [7, 11) is 0. The van der Waals surface area contributed by atoms with Crippen molar-refractivity contribution in [2.45, 2.75) is 45.6 Å². The first-order chi connectivity index (χ1) is 14.1. The number of halogens is 3. The highest BCUT2D eigenvalue weighted by atomic mass is 127.